The van der Waals surface area contributed by atoms with E-state index in [2.05, 4.69) is 20.6 Å². The first-order valence-electron chi connectivity index (χ1n) is 8.53. The van der Waals surface area contributed by atoms with Crippen molar-refractivity contribution in [2.24, 2.45) is 7.05 Å². The number of hydrogen-bond donors (Lipinski definition) is 1. The zero-order chi connectivity index (χ0) is 18.1. The van der Waals surface area contributed by atoms with Gasteiger partial charge in [-0.25, -0.2) is 0 Å². The summed E-state index contributed by atoms with van der Waals surface area (Å²) in [5.74, 6) is 1.72. The molecule has 0 unspecified atom stereocenters. The Labute approximate surface area is 150 Å². The number of ether oxygens (including phenoxy) is 1. The Morgan fingerprint density at radius 2 is 2.31 bits per heavy atom. The largest absolute Gasteiger partial charge is 0.493 e. The third-order valence-corrected chi connectivity index (χ3v) is 4.35. The molecule has 0 saturated heterocycles. The molecule has 0 aliphatic carbocycles. The van der Waals surface area contributed by atoms with Crippen molar-refractivity contribution in [1.82, 2.24) is 25.2 Å². The summed E-state index contributed by atoms with van der Waals surface area (Å²) in [6, 6.07) is 5.64. The van der Waals surface area contributed by atoms with Crippen molar-refractivity contribution in [2.75, 3.05) is 6.61 Å². The zero-order valence-corrected chi connectivity index (χ0v) is 14.6. The summed E-state index contributed by atoms with van der Waals surface area (Å²) in [6.45, 7) is 2.49. The standard InChI is InChI=1S/C18H19N5O3/c1-3-16-21-17(22-26-16)11-4-5-13-14(6-7-25-15(13)8-11)20-18(24)12-9-19-23(2)10-12/h4-5,8-10,14H,3,6-7H2,1-2H3,(H,20,24)/t14-/m1/s1. The smallest absolute Gasteiger partial charge is 0.254 e. The highest BCUT2D eigenvalue weighted by Gasteiger charge is 2.25. The Morgan fingerprint density at radius 3 is 3.04 bits per heavy atom. The predicted octanol–water partition coefficient (Wildman–Crippen LogP) is 2.29. The molecule has 1 aliphatic heterocycles. The van der Waals surface area contributed by atoms with E-state index in [4.69, 9.17) is 9.26 Å². The molecule has 1 aliphatic rings. The van der Waals surface area contributed by atoms with E-state index in [0.29, 0.717) is 36.7 Å². The van der Waals surface area contributed by atoms with Crippen molar-refractivity contribution in [3.8, 4) is 17.1 Å². The van der Waals surface area contributed by atoms with E-state index in [-0.39, 0.29) is 11.9 Å². The summed E-state index contributed by atoms with van der Waals surface area (Å²) < 4.78 is 12.6. The van der Waals surface area contributed by atoms with E-state index in [1.54, 1.807) is 24.1 Å². The third-order valence-electron chi connectivity index (χ3n) is 4.35. The number of aryl methyl sites for hydroxylation is 2. The molecule has 0 spiro atoms. The molecule has 0 fully saturated rings. The van der Waals surface area contributed by atoms with Crippen LogP contribution < -0.4 is 10.1 Å². The van der Waals surface area contributed by atoms with E-state index in [1.165, 1.54) is 0 Å². The number of nitrogens with zero attached hydrogens (tertiary/aromatic N) is 4. The van der Waals surface area contributed by atoms with Crippen LogP contribution in [-0.2, 0) is 13.5 Å². The summed E-state index contributed by atoms with van der Waals surface area (Å²) >= 11 is 0. The highest BCUT2D eigenvalue weighted by atomic mass is 16.5. The second-order valence-electron chi connectivity index (χ2n) is 6.18. The highest BCUT2D eigenvalue weighted by molar-refractivity contribution is 5.94. The fraction of sp³-hybridized carbons (Fsp3) is 0.333. The lowest BCUT2D eigenvalue weighted by Crippen LogP contribution is -2.32. The topological polar surface area (TPSA) is 95.1 Å². The Hall–Kier alpha value is -3.16. The maximum Gasteiger partial charge on any atom is 0.254 e. The van der Waals surface area contributed by atoms with Crippen LogP contribution in [0.15, 0.2) is 35.1 Å². The second kappa shape index (κ2) is 6.62. The maximum atomic E-state index is 12.4. The van der Waals surface area contributed by atoms with Gasteiger partial charge in [-0.15, -0.1) is 0 Å². The lowest BCUT2D eigenvalue weighted by atomic mass is 9.98. The number of rotatable bonds is 4. The molecular weight excluding hydrogens is 334 g/mol. The summed E-state index contributed by atoms with van der Waals surface area (Å²) in [4.78, 5) is 16.8. The van der Waals surface area contributed by atoms with Crippen LogP contribution in [0.4, 0.5) is 0 Å². The van der Waals surface area contributed by atoms with Crippen molar-refractivity contribution in [3.05, 3.63) is 47.6 Å². The molecule has 3 heterocycles. The Kier molecular flexibility index (Phi) is 4.16. The van der Waals surface area contributed by atoms with Crippen LogP contribution >= 0.6 is 0 Å². The average molecular weight is 353 g/mol. The van der Waals surface area contributed by atoms with Crippen LogP contribution in [0, 0.1) is 0 Å². The number of fused-ring (bicyclic) bond motifs is 1. The van der Waals surface area contributed by atoms with Gasteiger partial charge in [-0.2, -0.15) is 10.1 Å². The molecule has 1 aromatic carbocycles. The van der Waals surface area contributed by atoms with Crippen LogP contribution in [0.1, 0.15) is 41.2 Å². The molecule has 0 bridgehead atoms. The van der Waals surface area contributed by atoms with E-state index in [1.807, 2.05) is 25.1 Å². The van der Waals surface area contributed by atoms with Crippen LogP contribution in [0.3, 0.4) is 0 Å². The molecule has 1 amide bonds. The number of aromatic nitrogens is 4. The minimum atomic E-state index is -0.147. The van der Waals surface area contributed by atoms with Crippen molar-refractivity contribution in [1.29, 1.82) is 0 Å². The van der Waals surface area contributed by atoms with E-state index < -0.39 is 0 Å². The number of carbonyl (C=O) groups is 1. The first-order valence-corrected chi connectivity index (χ1v) is 8.53. The van der Waals surface area contributed by atoms with Gasteiger partial charge < -0.3 is 14.6 Å². The van der Waals surface area contributed by atoms with Crippen molar-refractivity contribution in [3.63, 3.8) is 0 Å². The summed E-state index contributed by atoms with van der Waals surface area (Å²) in [6.07, 6.45) is 4.65. The first-order chi connectivity index (χ1) is 12.6. The first kappa shape index (κ1) is 16.3. The van der Waals surface area contributed by atoms with Gasteiger partial charge in [0.15, 0.2) is 0 Å². The SMILES string of the molecule is CCc1nc(-c2ccc3c(c2)OCC[C@H]3NC(=O)c2cnn(C)c2)no1. The molecule has 4 rings (SSSR count). The van der Waals surface area contributed by atoms with E-state index >= 15 is 0 Å². The van der Waals surface area contributed by atoms with Gasteiger partial charge in [-0.3, -0.25) is 9.48 Å². The molecule has 8 nitrogen and oxygen atoms in total. The molecule has 3 aromatic rings. The normalized spacial score (nSPS) is 16.0. The van der Waals surface area contributed by atoms with Gasteiger partial charge in [0.2, 0.25) is 11.7 Å². The summed E-state index contributed by atoms with van der Waals surface area (Å²) in [5, 5.41) is 11.1. The molecule has 0 radical (unpaired) electrons. The van der Waals surface area contributed by atoms with Gasteiger partial charge in [-0.1, -0.05) is 24.2 Å². The van der Waals surface area contributed by atoms with Crippen molar-refractivity contribution in [2.45, 2.75) is 25.8 Å². The van der Waals surface area contributed by atoms with Crippen LogP contribution in [0.5, 0.6) is 5.75 Å². The van der Waals surface area contributed by atoms with Crippen LogP contribution in [-0.4, -0.2) is 32.4 Å². The number of benzene rings is 1. The molecule has 134 valence electrons. The lowest BCUT2D eigenvalue weighted by Gasteiger charge is -2.26. The van der Waals surface area contributed by atoms with Crippen molar-refractivity contribution >= 4 is 5.91 Å². The number of nitrogens with one attached hydrogen (secondary N) is 1. The third kappa shape index (κ3) is 3.05. The quantitative estimate of drug-likeness (QED) is 0.773. The van der Waals surface area contributed by atoms with Gasteiger partial charge in [0.25, 0.3) is 5.91 Å². The van der Waals surface area contributed by atoms with Gasteiger partial charge in [0.1, 0.15) is 5.75 Å². The number of amides is 1. The number of carbonyl (C=O) groups excluding carboxylic acids is 1. The Bertz CT molecular complexity index is 946. The zero-order valence-electron chi connectivity index (χ0n) is 14.6. The Morgan fingerprint density at radius 1 is 1.42 bits per heavy atom. The lowest BCUT2D eigenvalue weighted by molar-refractivity contribution is 0.0924. The number of hydrogen-bond acceptors (Lipinski definition) is 6. The van der Waals surface area contributed by atoms with Gasteiger partial charge >= 0.3 is 0 Å². The Balaban J connectivity index is 1.57. The fourth-order valence-electron chi connectivity index (χ4n) is 2.97. The average Bonchev–Trinajstić information content (AvgIpc) is 3.30. The van der Waals surface area contributed by atoms with Crippen LogP contribution in [0.2, 0.25) is 0 Å². The maximum absolute atomic E-state index is 12.4. The minimum absolute atomic E-state index is 0.114. The highest BCUT2D eigenvalue weighted by Crippen LogP contribution is 2.35. The van der Waals surface area contributed by atoms with Gasteiger partial charge in [0.05, 0.1) is 24.4 Å². The molecule has 8 heteroatoms. The van der Waals surface area contributed by atoms with E-state index in [9.17, 15) is 4.79 Å². The summed E-state index contributed by atoms with van der Waals surface area (Å²) in [5.41, 5.74) is 2.30. The van der Waals surface area contributed by atoms with Gasteiger partial charge in [-0.05, 0) is 6.07 Å². The minimum Gasteiger partial charge on any atom is -0.493 e. The predicted molar refractivity (Wildman–Crippen MR) is 92.6 cm³/mol. The molecule has 2 aromatic heterocycles. The fourth-order valence-corrected chi connectivity index (χ4v) is 2.97. The molecular formula is C18H19N5O3. The van der Waals surface area contributed by atoms with Gasteiger partial charge in [0, 0.05) is 37.2 Å². The second-order valence-corrected chi connectivity index (χ2v) is 6.18. The molecule has 1 N–H and O–H groups in total. The molecule has 0 saturated carbocycles. The monoisotopic (exact) mass is 353 g/mol. The molecule has 1 atom stereocenters. The van der Waals surface area contributed by atoms with Crippen molar-refractivity contribution < 1.29 is 14.1 Å². The van der Waals surface area contributed by atoms with Crippen LogP contribution in [0.25, 0.3) is 11.4 Å². The summed E-state index contributed by atoms with van der Waals surface area (Å²) in [7, 11) is 1.78. The molecule has 26 heavy (non-hydrogen) atoms. The van der Waals surface area contributed by atoms with E-state index in [0.717, 1.165) is 16.9 Å².